The zero-order valence-electron chi connectivity index (χ0n) is 10.2. The van der Waals surface area contributed by atoms with Crippen LogP contribution < -0.4 is 15.8 Å². The number of anilines is 1. The number of nitrogen functional groups attached to an aromatic ring is 1. The molecule has 0 saturated carbocycles. The summed E-state index contributed by atoms with van der Waals surface area (Å²) in [6, 6.07) is 5.29. The molecule has 7 heteroatoms. The van der Waals surface area contributed by atoms with Gasteiger partial charge in [0.15, 0.2) is 0 Å². The second-order valence-corrected chi connectivity index (χ2v) is 4.21. The summed E-state index contributed by atoms with van der Waals surface area (Å²) in [5.41, 5.74) is 6.82. The quantitative estimate of drug-likeness (QED) is 0.793. The number of H-pyrrole nitrogens is 1. The van der Waals surface area contributed by atoms with Gasteiger partial charge >= 0.3 is 0 Å². The van der Waals surface area contributed by atoms with Crippen molar-refractivity contribution >= 4 is 23.2 Å². The van der Waals surface area contributed by atoms with Gasteiger partial charge in [0, 0.05) is 17.1 Å². The van der Waals surface area contributed by atoms with Crippen LogP contribution in [0.3, 0.4) is 0 Å². The van der Waals surface area contributed by atoms with Crippen LogP contribution in [-0.2, 0) is 6.54 Å². The lowest BCUT2D eigenvalue weighted by molar-refractivity contribution is 0.0946. The van der Waals surface area contributed by atoms with E-state index in [2.05, 4.69) is 15.5 Å². The molecule has 19 heavy (non-hydrogen) atoms. The minimum Gasteiger partial charge on any atom is -0.496 e. The minimum atomic E-state index is -0.350. The molecule has 1 aromatic carbocycles. The minimum absolute atomic E-state index is 0.228. The molecule has 0 atom stereocenters. The van der Waals surface area contributed by atoms with E-state index < -0.39 is 0 Å². The fourth-order valence-corrected chi connectivity index (χ4v) is 1.87. The monoisotopic (exact) mass is 280 g/mol. The number of aromatic amines is 1. The molecule has 1 amide bonds. The Morgan fingerprint density at radius 1 is 1.58 bits per heavy atom. The number of nitrogens with one attached hydrogen (secondary N) is 2. The number of nitrogens with two attached hydrogens (primary N) is 1. The first-order chi connectivity index (χ1) is 9.13. The lowest BCUT2D eigenvalue weighted by Gasteiger charge is -2.11. The summed E-state index contributed by atoms with van der Waals surface area (Å²) in [5.74, 6) is 0.266. The molecule has 2 rings (SSSR count). The number of hydrogen-bond acceptors (Lipinski definition) is 4. The first kappa shape index (κ1) is 13.2. The largest absolute Gasteiger partial charge is 0.496 e. The van der Waals surface area contributed by atoms with Gasteiger partial charge in [0.1, 0.15) is 11.4 Å². The fourth-order valence-electron chi connectivity index (χ4n) is 1.64. The number of ether oxygens (including phenoxy) is 1. The van der Waals surface area contributed by atoms with Crippen LogP contribution in [-0.4, -0.2) is 23.2 Å². The van der Waals surface area contributed by atoms with Crippen molar-refractivity contribution in [3.8, 4) is 5.75 Å². The van der Waals surface area contributed by atoms with Crippen LogP contribution in [0.2, 0.25) is 5.02 Å². The number of halogens is 1. The molecule has 6 nitrogen and oxygen atoms in total. The first-order valence-corrected chi connectivity index (χ1v) is 5.89. The summed E-state index contributed by atoms with van der Waals surface area (Å²) in [6.45, 7) is 0.236. The molecule has 0 saturated heterocycles. The van der Waals surface area contributed by atoms with Crippen molar-refractivity contribution in [2.75, 3.05) is 12.8 Å². The highest BCUT2D eigenvalue weighted by atomic mass is 35.5. The van der Waals surface area contributed by atoms with Crippen molar-refractivity contribution in [1.29, 1.82) is 0 Å². The second kappa shape index (κ2) is 5.62. The zero-order valence-corrected chi connectivity index (χ0v) is 11.0. The van der Waals surface area contributed by atoms with Gasteiger partial charge in [-0.1, -0.05) is 17.7 Å². The zero-order chi connectivity index (χ0) is 13.8. The van der Waals surface area contributed by atoms with Crippen LogP contribution in [0.25, 0.3) is 0 Å². The van der Waals surface area contributed by atoms with Crippen LogP contribution in [0.1, 0.15) is 16.1 Å². The number of aromatic nitrogens is 2. The van der Waals surface area contributed by atoms with Crippen molar-refractivity contribution in [3.05, 3.63) is 40.7 Å². The van der Waals surface area contributed by atoms with Gasteiger partial charge in [0.2, 0.25) is 0 Å². The Bertz CT molecular complexity index is 597. The summed E-state index contributed by atoms with van der Waals surface area (Å²) >= 11 is 6.07. The summed E-state index contributed by atoms with van der Waals surface area (Å²) < 4.78 is 5.19. The maximum atomic E-state index is 11.9. The van der Waals surface area contributed by atoms with E-state index in [1.807, 2.05) is 0 Å². The Kier molecular flexibility index (Phi) is 3.91. The van der Waals surface area contributed by atoms with Gasteiger partial charge in [0.25, 0.3) is 5.91 Å². The Morgan fingerprint density at radius 2 is 2.37 bits per heavy atom. The molecule has 1 heterocycles. The van der Waals surface area contributed by atoms with Crippen molar-refractivity contribution < 1.29 is 9.53 Å². The van der Waals surface area contributed by atoms with E-state index in [1.165, 1.54) is 6.20 Å². The van der Waals surface area contributed by atoms with Crippen LogP contribution in [0.4, 0.5) is 5.69 Å². The third kappa shape index (κ3) is 2.79. The Morgan fingerprint density at radius 3 is 3.00 bits per heavy atom. The standard InChI is InChI=1S/C12H13ClN4O2/c1-19-10-4-2-3-8(13)7(10)5-15-12(18)11-9(14)6-16-17-11/h2-4,6H,5,14H2,1H3,(H,15,18)(H,16,17). The third-order valence-corrected chi connectivity index (χ3v) is 2.97. The Hall–Kier alpha value is -2.21. The molecule has 100 valence electrons. The smallest absolute Gasteiger partial charge is 0.271 e. The molecule has 0 spiro atoms. The molecule has 4 N–H and O–H groups in total. The average molecular weight is 281 g/mol. The van der Waals surface area contributed by atoms with Crippen LogP contribution in [0, 0.1) is 0 Å². The summed E-state index contributed by atoms with van der Waals surface area (Å²) in [7, 11) is 1.55. The molecule has 0 radical (unpaired) electrons. The van der Waals surface area contributed by atoms with Gasteiger partial charge in [-0.2, -0.15) is 5.10 Å². The van der Waals surface area contributed by atoms with Crippen molar-refractivity contribution in [2.24, 2.45) is 0 Å². The van der Waals surface area contributed by atoms with Gasteiger partial charge in [-0.05, 0) is 12.1 Å². The molecule has 2 aromatic rings. The highest BCUT2D eigenvalue weighted by molar-refractivity contribution is 6.31. The Balaban J connectivity index is 2.11. The number of carbonyl (C=O) groups excluding carboxylic acids is 1. The molecule has 0 fully saturated rings. The van der Waals surface area contributed by atoms with E-state index in [-0.39, 0.29) is 18.1 Å². The molecule has 0 bridgehead atoms. The van der Waals surface area contributed by atoms with E-state index >= 15 is 0 Å². The average Bonchev–Trinajstić information content (AvgIpc) is 2.83. The van der Waals surface area contributed by atoms with Crippen LogP contribution >= 0.6 is 11.6 Å². The van der Waals surface area contributed by atoms with E-state index in [1.54, 1.807) is 25.3 Å². The summed E-state index contributed by atoms with van der Waals surface area (Å²) in [6.07, 6.45) is 1.38. The number of amides is 1. The van der Waals surface area contributed by atoms with Crippen molar-refractivity contribution in [1.82, 2.24) is 15.5 Å². The van der Waals surface area contributed by atoms with Gasteiger partial charge in [-0.3, -0.25) is 9.89 Å². The predicted molar refractivity (Wildman–Crippen MR) is 72.2 cm³/mol. The molecular weight excluding hydrogens is 268 g/mol. The van der Waals surface area contributed by atoms with E-state index in [0.717, 1.165) is 0 Å². The molecular formula is C12H13ClN4O2. The maximum Gasteiger partial charge on any atom is 0.271 e. The number of hydrogen-bond donors (Lipinski definition) is 3. The fraction of sp³-hybridized carbons (Fsp3) is 0.167. The lowest BCUT2D eigenvalue weighted by Crippen LogP contribution is -2.24. The number of benzene rings is 1. The summed E-state index contributed by atoms with van der Waals surface area (Å²) in [5, 5.41) is 9.45. The van der Waals surface area contributed by atoms with Gasteiger partial charge in [-0.25, -0.2) is 0 Å². The summed E-state index contributed by atoms with van der Waals surface area (Å²) in [4.78, 5) is 11.9. The molecule has 0 aliphatic heterocycles. The number of nitrogens with zero attached hydrogens (tertiary/aromatic N) is 1. The molecule has 1 aromatic heterocycles. The predicted octanol–water partition coefficient (Wildman–Crippen LogP) is 1.58. The third-order valence-electron chi connectivity index (χ3n) is 2.62. The van der Waals surface area contributed by atoms with Gasteiger partial charge < -0.3 is 15.8 Å². The second-order valence-electron chi connectivity index (χ2n) is 3.80. The topological polar surface area (TPSA) is 93.0 Å². The molecule has 0 aliphatic rings. The number of methoxy groups -OCH3 is 1. The van der Waals surface area contributed by atoms with Crippen molar-refractivity contribution in [2.45, 2.75) is 6.54 Å². The number of rotatable bonds is 4. The van der Waals surface area contributed by atoms with Crippen molar-refractivity contribution in [3.63, 3.8) is 0 Å². The van der Waals surface area contributed by atoms with Crippen LogP contribution in [0.5, 0.6) is 5.75 Å². The highest BCUT2D eigenvalue weighted by Gasteiger charge is 2.13. The number of carbonyl (C=O) groups is 1. The lowest BCUT2D eigenvalue weighted by atomic mass is 10.2. The molecule has 0 aliphatic carbocycles. The van der Waals surface area contributed by atoms with Crippen LogP contribution in [0.15, 0.2) is 24.4 Å². The maximum absolute atomic E-state index is 11.9. The van der Waals surface area contributed by atoms with Gasteiger partial charge in [0.05, 0.1) is 19.0 Å². The first-order valence-electron chi connectivity index (χ1n) is 5.52. The highest BCUT2D eigenvalue weighted by Crippen LogP contribution is 2.25. The van der Waals surface area contributed by atoms with E-state index in [4.69, 9.17) is 22.1 Å². The SMILES string of the molecule is COc1cccc(Cl)c1CNC(=O)c1[nH]ncc1N. The van der Waals surface area contributed by atoms with E-state index in [9.17, 15) is 4.79 Å². The van der Waals surface area contributed by atoms with Gasteiger partial charge in [-0.15, -0.1) is 0 Å². The van der Waals surface area contributed by atoms with E-state index in [0.29, 0.717) is 22.0 Å². The molecule has 0 unspecified atom stereocenters. The Labute approximate surface area is 114 Å². The normalized spacial score (nSPS) is 10.2.